The summed E-state index contributed by atoms with van der Waals surface area (Å²) >= 11 is 5.99. The number of alkyl halides is 3. The number of nitrogens with zero attached hydrogens (tertiary/aromatic N) is 1. The third-order valence-corrected chi connectivity index (χ3v) is 6.56. The predicted molar refractivity (Wildman–Crippen MR) is 150 cm³/mol. The number of aromatic nitrogens is 1. The monoisotopic (exact) mass is 587 g/mol. The predicted octanol–water partition coefficient (Wildman–Crippen LogP) is 7.75. The minimum atomic E-state index is -4.87. The fraction of sp³-hybridized carbons (Fsp3) is 0.290. The highest BCUT2D eigenvalue weighted by Crippen LogP contribution is 2.34. The Balaban J connectivity index is 1.71. The number of rotatable bonds is 10. The second-order valence-corrected chi connectivity index (χ2v) is 10.5. The molecule has 4 rings (SSSR count). The summed E-state index contributed by atoms with van der Waals surface area (Å²) in [5.74, 6) is -0.575. The smallest absolute Gasteiger partial charge is 0.479 e. The Kier molecular flexibility index (Phi) is 8.97. The van der Waals surface area contributed by atoms with E-state index in [1.807, 2.05) is 19.9 Å². The minimum Gasteiger partial charge on any atom is -0.479 e. The van der Waals surface area contributed by atoms with Crippen molar-refractivity contribution in [2.45, 2.75) is 46.7 Å². The second kappa shape index (κ2) is 12.3. The fourth-order valence-electron chi connectivity index (χ4n) is 4.41. The molecule has 0 aliphatic heterocycles. The van der Waals surface area contributed by atoms with Crippen LogP contribution >= 0.6 is 11.6 Å². The molecule has 0 unspecified atom stereocenters. The molecular weight excluding hydrogens is 559 g/mol. The van der Waals surface area contributed by atoms with Gasteiger partial charge in [0.05, 0.1) is 17.7 Å². The van der Waals surface area contributed by atoms with Crippen LogP contribution in [0.1, 0.15) is 48.0 Å². The van der Waals surface area contributed by atoms with E-state index in [2.05, 4.69) is 4.74 Å². The minimum absolute atomic E-state index is 0.188. The number of esters is 1. The van der Waals surface area contributed by atoms with Crippen LogP contribution in [0, 0.1) is 12.8 Å². The quantitative estimate of drug-likeness (QED) is 0.140. The number of benzene rings is 3. The van der Waals surface area contributed by atoms with Crippen molar-refractivity contribution in [2.24, 2.45) is 5.92 Å². The van der Waals surface area contributed by atoms with E-state index in [0.717, 1.165) is 5.56 Å². The van der Waals surface area contributed by atoms with Gasteiger partial charge in [0.2, 0.25) is 0 Å². The third kappa shape index (κ3) is 7.41. The van der Waals surface area contributed by atoms with Crippen LogP contribution in [0.15, 0.2) is 66.7 Å². The Morgan fingerprint density at radius 1 is 0.951 bits per heavy atom. The number of halogens is 4. The number of carbonyl (C=O) groups is 2. The fourth-order valence-corrected chi connectivity index (χ4v) is 4.53. The average Bonchev–Trinajstić information content (AvgIpc) is 3.16. The van der Waals surface area contributed by atoms with E-state index in [-0.39, 0.29) is 24.9 Å². The maximum atomic E-state index is 13.6. The van der Waals surface area contributed by atoms with Gasteiger partial charge in [0.25, 0.3) is 0 Å². The van der Waals surface area contributed by atoms with Crippen molar-refractivity contribution in [3.05, 3.63) is 94.1 Å². The summed E-state index contributed by atoms with van der Waals surface area (Å²) in [6.07, 6.45) is -5.72. The first-order valence-electron chi connectivity index (χ1n) is 12.9. The van der Waals surface area contributed by atoms with Gasteiger partial charge in [-0.2, -0.15) is 0 Å². The lowest BCUT2D eigenvalue weighted by molar-refractivity contribution is -0.274. The largest absolute Gasteiger partial charge is 0.573 e. The van der Waals surface area contributed by atoms with E-state index in [1.165, 1.54) is 18.2 Å². The molecule has 1 atom stereocenters. The van der Waals surface area contributed by atoms with Crippen molar-refractivity contribution in [1.29, 1.82) is 0 Å². The zero-order chi connectivity index (χ0) is 29.9. The molecule has 0 aliphatic carbocycles. The number of ether oxygens (including phenoxy) is 3. The maximum absolute atomic E-state index is 13.6. The molecule has 3 aromatic carbocycles. The van der Waals surface area contributed by atoms with Gasteiger partial charge in [0, 0.05) is 34.3 Å². The lowest BCUT2D eigenvalue weighted by atomic mass is 10.0. The molecule has 0 saturated heterocycles. The highest BCUT2D eigenvalue weighted by Gasteiger charge is 2.32. The molecule has 0 saturated carbocycles. The molecule has 1 heterocycles. The van der Waals surface area contributed by atoms with Crippen molar-refractivity contribution in [3.63, 3.8) is 0 Å². The van der Waals surface area contributed by atoms with Crippen molar-refractivity contribution < 1.29 is 37.0 Å². The van der Waals surface area contributed by atoms with Gasteiger partial charge in [-0.3, -0.25) is 4.79 Å². The summed E-state index contributed by atoms with van der Waals surface area (Å²) < 4.78 is 56.0. The standard InChI is InChI=1S/C31H29ClF3NO5/c1-18(2)17-39-30(38)20(4)40-24-7-5-6-21(14-24)16-36-19(3)28(29(37)22-8-10-23(32)11-9-22)26-13-12-25(15-27(26)36)41-31(33,34)35/h5-15,18,20H,16-17H2,1-4H3/t20-/m1/s1. The molecule has 41 heavy (non-hydrogen) atoms. The van der Waals surface area contributed by atoms with Crippen LogP contribution in [0.25, 0.3) is 10.9 Å². The van der Waals surface area contributed by atoms with E-state index in [0.29, 0.717) is 38.5 Å². The van der Waals surface area contributed by atoms with Crippen molar-refractivity contribution in [1.82, 2.24) is 4.57 Å². The molecule has 4 aromatic rings. The first kappa shape index (κ1) is 30.0. The molecule has 0 fully saturated rings. The molecule has 0 bridgehead atoms. The van der Waals surface area contributed by atoms with E-state index < -0.39 is 24.2 Å². The van der Waals surface area contributed by atoms with Gasteiger partial charge in [-0.25, -0.2) is 4.79 Å². The molecule has 0 N–H and O–H groups in total. The number of fused-ring (bicyclic) bond motifs is 1. The molecule has 10 heteroatoms. The molecule has 0 radical (unpaired) electrons. The Morgan fingerprint density at radius 2 is 1.66 bits per heavy atom. The van der Waals surface area contributed by atoms with Gasteiger partial charge < -0.3 is 18.8 Å². The highest BCUT2D eigenvalue weighted by atomic mass is 35.5. The topological polar surface area (TPSA) is 66.8 Å². The Hall–Kier alpha value is -3.98. The lowest BCUT2D eigenvalue weighted by Gasteiger charge is -2.16. The summed E-state index contributed by atoms with van der Waals surface area (Å²) in [7, 11) is 0. The van der Waals surface area contributed by atoms with Crippen LogP contribution in [0.5, 0.6) is 11.5 Å². The van der Waals surface area contributed by atoms with Gasteiger partial charge >= 0.3 is 12.3 Å². The van der Waals surface area contributed by atoms with Gasteiger partial charge in [-0.05, 0) is 73.9 Å². The maximum Gasteiger partial charge on any atom is 0.573 e. The van der Waals surface area contributed by atoms with Crippen LogP contribution in [-0.4, -0.2) is 35.4 Å². The van der Waals surface area contributed by atoms with Crippen LogP contribution < -0.4 is 9.47 Å². The molecule has 1 aromatic heterocycles. The Bertz CT molecular complexity index is 1560. The zero-order valence-electron chi connectivity index (χ0n) is 22.9. The van der Waals surface area contributed by atoms with E-state index in [9.17, 15) is 22.8 Å². The molecule has 0 amide bonds. The van der Waals surface area contributed by atoms with E-state index in [1.54, 1.807) is 60.9 Å². The zero-order valence-corrected chi connectivity index (χ0v) is 23.7. The summed E-state index contributed by atoms with van der Waals surface area (Å²) in [5.41, 5.74) is 2.42. The Labute approximate surface area is 240 Å². The molecule has 216 valence electrons. The van der Waals surface area contributed by atoms with Crippen LogP contribution in [0.2, 0.25) is 5.02 Å². The average molecular weight is 588 g/mol. The van der Waals surface area contributed by atoms with Crippen molar-refractivity contribution in [3.8, 4) is 11.5 Å². The first-order valence-corrected chi connectivity index (χ1v) is 13.3. The normalized spacial score (nSPS) is 12.4. The first-order chi connectivity index (χ1) is 19.3. The Morgan fingerprint density at radius 3 is 2.32 bits per heavy atom. The summed E-state index contributed by atoms with van der Waals surface area (Å²) in [4.78, 5) is 25.8. The van der Waals surface area contributed by atoms with Gasteiger partial charge in [0.1, 0.15) is 11.5 Å². The third-order valence-electron chi connectivity index (χ3n) is 6.31. The van der Waals surface area contributed by atoms with Crippen LogP contribution in [0.4, 0.5) is 13.2 Å². The van der Waals surface area contributed by atoms with Crippen molar-refractivity contribution >= 4 is 34.3 Å². The van der Waals surface area contributed by atoms with Gasteiger partial charge in [-0.15, -0.1) is 13.2 Å². The second-order valence-electron chi connectivity index (χ2n) is 10.0. The molecular formula is C31H29ClF3NO5. The van der Waals surface area contributed by atoms with Crippen LogP contribution in [-0.2, 0) is 16.1 Å². The molecule has 0 spiro atoms. The molecule has 0 aliphatic rings. The number of hydrogen-bond donors (Lipinski definition) is 0. The summed E-state index contributed by atoms with van der Waals surface area (Å²) in [6, 6.07) is 17.3. The molecule has 6 nitrogen and oxygen atoms in total. The van der Waals surface area contributed by atoms with Gasteiger partial charge in [0.15, 0.2) is 11.9 Å². The van der Waals surface area contributed by atoms with E-state index in [4.69, 9.17) is 21.1 Å². The summed E-state index contributed by atoms with van der Waals surface area (Å²) in [5, 5.41) is 0.949. The van der Waals surface area contributed by atoms with Crippen molar-refractivity contribution in [2.75, 3.05) is 6.61 Å². The number of hydrogen-bond acceptors (Lipinski definition) is 5. The van der Waals surface area contributed by atoms with E-state index >= 15 is 0 Å². The number of carbonyl (C=O) groups excluding carboxylic acids is 2. The van der Waals surface area contributed by atoms with Gasteiger partial charge in [-0.1, -0.05) is 37.6 Å². The number of ketones is 1. The highest BCUT2D eigenvalue weighted by molar-refractivity contribution is 6.30. The van der Waals surface area contributed by atoms with Crippen LogP contribution in [0.3, 0.4) is 0 Å². The lowest BCUT2D eigenvalue weighted by Crippen LogP contribution is -2.27. The summed E-state index contributed by atoms with van der Waals surface area (Å²) in [6.45, 7) is 7.68. The SMILES string of the molecule is Cc1c(C(=O)c2ccc(Cl)cc2)c2ccc(OC(F)(F)F)cc2n1Cc1cccc(O[C@H](C)C(=O)OCC(C)C)c1.